The zero-order valence-corrected chi connectivity index (χ0v) is 8.14. The van der Waals surface area contributed by atoms with Crippen LogP contribution >= 0.6 is 11.3 Å². The van der Waals surface area contributed by atoms with Gasteiger partial charge in [0.25, 0.3) is 0 Å². The number of benzene rings is 1. The molecule has 3 heteroatoms. The van der Waals surface area contributed by atoms with E-state index >= 15 is 0 Å². The molecule has 2 rings (SSSR count). The average Bonchev–Trinajstić information content (AvgIpc) is 2.47. The standard InChI is InChI=1S/C10H10N2S/c1-7-9(13-10(11)12-7)8-5-3-2-4-6-8/h2-6H,1H3,(H2,11,12). The Morgan fingerprint density at radius 2 is 1.92 bits per heavy atom. The molecule has 0 aliphatic carbocycles. The van der Waals surface area contributed by atoms with Crippen molar-refractivity contribution in [2.75, 3.05) is 5.73 Å². The first kappa shape index (κ1) is 8.26. The van der Waals surface area contributed by atoms with Crippen LogP contribution in [0.4, 0.5) is 5.13 Å². The lowest BCUT2D eigenvalue weighted by Crippen LogP contribution is -1.80. The molecule has 0 spiro atoms. The normalized spacial score (nSPS) is 10.2. The van der Waals surface area contributed by atoms with Crippen molar-refractivity contribution < 1.29 is 0 Å². The van der Waals surface area contributed by atoms with Crippen molar-refractivity contribution in [2.45, 2.75) is 6.92 Å². The maximum absolute atomic E-state index is 5.62. The van der Waals surface area contributed by atoms with Gasteiger partial charge in [-0.3, -0.25) is 0 Å². The van der Waals surface area contributed by atoms with E-state index in [1.807, 2.05) is 25.1 Å². The summed E-state index contributed by atoms with van der Waals surface area (Å²) >= 11 is 1.53. The number of rotatable bonds is 1. The fourth-order valence-corrected chi connectivity index (χ4v) is 2.11. The lowest BCUT2D eigenvalue weighted by Gasteiger charge is -1.95. The Bertz CT molecular complexity index is 406. The first-order valence-electron chi connectivity index (χ1n) is 4.05. The first-order chi connectivity index (χ1) is 6.27. The van der Waals surface area contributed by atoms with Crippen molar-refractivity contribution in [3.05, 3.63) is 36.0 Å². The van der Waals surface area contributed by atoms with Crippen LogP contribution in [-0.2, 0) is 0 Å². The molecule has 1 heterocycles. The molecule has 13 heavy (non-hydrogen) atoms. The summed E-state index contributed by atoms with van der Waals surface area (Å²) in [6.07, 6.45) is 0. The molecule has 0 unspecified atom stereocenters. The Hall–Kier alpha value is -1.35. The van der Waals surface area contributed by atoms with Crippen LogP contribution in [0.5, 0.6) is 0 Å². The average molecular weight is 190 g/mol. The number of aromatic nitrogens is 1. The van der Waals surface area contributed by atoms with Gasteiger partial charge in [0.2, 0.25) is 0 Å². The summed E-state index contributed by atoms with van der Waals surface area (Å²) in [5.74, 6) is 0. The Morgan fingerprint density at radius 3 is 2.46 bits per heavy atom. The summed E-state index contributed by atoms with van der Waals surface area (Å²) in [5, 5.41) is 0.636. The van der Waals surface area contributed by atoms with Gasteiger partial charge < -0.3 is 5.73 Å². The highest BCUT2D eigenvalue weighted by molar-refractivity contribution is 7.18. The highest BCUT2D eigenvalue weighted by Crippen LogP contribution is 2.30. The number of thiazole rings is 1. The van der Waals surface area contributed by atoms with Crippen LogP contribution in [-0.4, -0.2) is 4.98 Å². The largest absolute Gasteiger partial charge is 0.375 e. The third-order valence-corrected chi connectivity index (χ3v) is 2.88. The highest BCUT2D eigenvalue weighted by Gasteiger charge is 2.06. The van der Waals surface area contributed by atoms with Crippen LogP contribution in [0.1, 0.15) is 5.69 Å². The van der Waals surface area contributed by atoms with E-state index in [1.165, 1.54) is 16.9 Å². The summed E-state index contributed by atoms with van der Waals surface area (Å²) in [7, 11) is 0. The molecule has 0 saturated heterocycles. The van der Waals surface area contributed by atoms with Gasteiger partial charge >= 0.3 is 0 Å². The Morgan fingerprint density at radius 1 is 1.23 bits per heavy atom. The molecule has 2 nitrogen and oxygen atoms in total. The lowest BCUT2D eigenvalue weighted by atomic mass is 10.2. The minimum absolute atomic E-state index is 0.636. The van der Waals surface area contributed by atoms with Crippen LogP contribution in [0.15, 0.2) is 30.3 Å². The summed E-state index contributed by atoms with van der Waals surface area (Å²) in [6.45, 7) is 1.98. The van der Waals surface area contributed by atoms with Crippen LogP contribution < -0.4 is 5.73 Å². The molecule has 0 aliphatic heterocycles. The monoisotopic (exact) mass is 190 g/mol. The second-order valence-corrected chi connectivity index (χ2v) is 3.86. The number of hydrogen-bond acceptors (Lipinski definition) is 3. The van der Waals surface area contributed by atoms with Crippen molar-refractivity contribution in [3.8, 4) is 10.4 Å². The number of hydrogen-bond donors (Lipinski definition) is 1. The van der Waals surface area contributed by atoms with E-state index in [1.54, 1.807) is 0 Å². The van der Waals surface area contributed by atoms with Crippen molar-refractivity contribution in [1.82, 2.24) is 4.98 Å². The molecular formula is C10H10N2S. The topological polar surface area (TPSA) is 38.9 Å². The molecule has 0 atom stereocenters. The molecule has 0 fully saturated rings. The quantitative estimate of drug-likeness (QED) is 0.751. The first-order valence-corrected chi connectivity index (χ1v) is 4.87. The van der Waals surface area contributed by atoms with E-state index in [0.717, 1.165) is 10.6 Å². The van der Waals surface area contributed by atoms with Gasteiger partial charge in [-0.05, 0) is 12.5 Å². The summed E-state index contributed by atoms with van der Waals surface area (Å²) in [5.41, 5.74) is 7.82. The van der Waals surface area contributed by atoms with Gasteiger partial charge in [0.1, 0.15) is 0 Å². The number of nitrogen functional groups attached to an aromatic ring is 1. The number of aryl methyl sites for hydroxylation is 1. The molecule has 0 aliphatic rings. The Labute approximate surface area is 81.1 Å². The van der Waals surface area contributed by atoms with E-state index in [9.17, 15) is 0 Å². The predicted molar refractivity (Wildman–Crippen MR) is 56.7 cm³/mol. The smallest absolute Gasteiger partial charge is 0.180 e. The third-order valence-electron chi connectivity index (χ3n) is 1.85. The fourth-order valence-electron chi connectivity index (χ4n) is 1.27. The molecular weight excluding hydrogens is 180 g/mol. The van der Waals surface area contributed by atoms with Gasteiger partial charge in [-0.2, -0.15) is 0 Å². The zero-order chi connectivity index (χ0) is 9.26. The third kappa shape index (κ3) is 1.55. The van der Waals surface area contributed by atoms with Crippen LogP contribution in [0.3, 0.4) is 0 Å². The number of nitrogens with zero attached hydrogens (tertiary/aromatic N) is 1. The van der Waals surface area contributed by atoms with Crippen LogP contribution in [0, 0.1) is 6.92 Å². The van der Waals surface area contributed by atoms with Crippen molar-refractivity contribution >= 4 is 16.5 Å². The second-order valence-electron chi connectivity index (χ2n) is 2.83. The SMILES string of the molecule is Cc1nc(N)sc1-c1ccccc1. The molecule has 1 aromatic carbocycles. The van der Waals surface area contributed by atoms with Crippen molar-refractivity contribution in [2.24, 2.45) is 0 Å². The van der Waals surface area contributed by atoms with Gasteiger partial charge in [0.15, 0.2) is 5.13 Å². The van der Waals surface area contributed by atoms with Crippen LogP contribution in [0.25, 0.3) is 10.4 Å². The highest BCUT2D eigenvalue weighted by atomic mass is 32.1. The Balaban J connectivity index is 2.53. The second kappa shape index (κ2) is 3.18. The lowest BCUT2D eigenvalue weighted by molar-refractivity contribution is 1.27. The van der Waals surface area contributed by atoms with E-state index in [-0.39, 0.29) is 0 Å². The fraction of sp³-hybridized carbons (Fsp3) is 0.100. The maximum atomic E-state index is 5.62. The zero-order valence-electron chi connectivity index (χ0n) is 7.32. The minimum Gasteiger partial charge on any atom is -0.375 e. The summed E-state index contributed by atoms with van der Waals surface area (Å²) in [4.78, 5) is 5.35. The van der Waals surface area contributed by atoms with Gasteiger partial charge in [0.05, 0.1) is 10.6 Å². The summed E-state index contributed by atoms with van der Waals surface area (Å²) in [6, 6.07) is 10.2. The summed E-state index contributed by atoms with van der Waals surface area (Å²) < 4.78 is 0. The number of nitrogens with two attached hydrogens (primary N) is 1. The predicted octanol–water partition coefficient (Wildman–Crippen LogP) is 2.70. The molecule has 2 N–H and O–H groups in total. The van der Waals surface area contributed by atoms with Crippen molar-refractivity contribution in [3.63, 3.8) is 0 Å². The molecule has 1 aromatic heterocycles. The molecule has 0 bridgehead atoms. The van der Waals surface area contributed by atoms with E-state index in [2.05, 4.69) is 17.1 Å². The van der Waals surface area contributed by atoms with Crippen molar-refractivity contribution in [1.29, 1.82) is 0 Å². The van der Waals surface area contributed by atoms with Crippen LogP contribution in [0.2, 0.25) is 0 Å². The van der Waals surface area contributed by atoms with E-state index in [0.29, 0.717) is 5.13 Å². The molecule has 0 amide bonds. The van der Waals surface area contributed by atoms with E-state index in [4.69, 9.17) is 5.73 Å². The Kier molecular flexibility index (Phi) is 2.02. The van der Waals surface area contributed by atoms with Gasteiger partial charge in [-0.15, -0.1) is 0 Å². The minimum atomic E-state index is 0.636. The number of anilines is 1. The molecule has 66 valence electrons. The van der Waals surface area contributed by atoms with E-state index < -0.39 is 0 Å². The maximum Gasteiger partial charge on any atom is 0.180 e. The van der Waals surface area contributed by atoms with Gasteiger partial charge in [-0.1, -0.05) is 41.7 Å². The molecule has 0 radical (unpaired) electrons. The van der Waals surface area contributed by atoms with Gasteiger partial charge in [-0.25, -0.2) is 4.98 Å². The van der Waals surface area contributed by atoms with Gasteiger partial charge in [0, 0.05) is 0 Å². The molecule has 2 aromatic rings. The molecule has 0 saturated carbocycles.